The quantitative estimate of drug-likeness (QED) is 0.0212. The summed E-state index contributed by atoms with van der Waals surface area (Å²) < 4.78 is 30.1. The van der Waals surface area contributed by atoms with Gasteiger partial charge in [-0.1, -0.05) is 225 Å². The zero-order valence-corrected chi connectivity index (χ0v) is 44.3. The molecule has 0 heterocycles. The molecule has 0 spiro atoms. The van der Waals surface area contributed by atoms with Crippen molar-refractivity contribution in [2.45, 2.75) is 264 Å². The molecule has 3 unspecified atom stereocenters. The first-order valence-corrected chi connectivity index (χ1v) is 28.8. The van der Waals surface area contributed by atoms with Gasteiger partial charge in [0, 0.05) is 12.8 Å². The molecule has 0 radical (unpaired) electrons. The molecule has 382 valence electrons. The van der Waals surface area contributed by atoms with Crippen LogP contribution in [0.3, 0.4) is 0 Å². The van der Waals surface area contributed by atoms with Crippen molar-refractivity contribution >= 4 is 19.7 Å². The Bertz CT molecular complexity index is 1220. The number of esters is 1. The molecule has 0 aliphatic rings. The van der Waals surface area contributed by atoms with E-state index in [0.717, 1.165) is 51.4 Å². The van der Waals surface area contributed by atoms with Gasteiger partial charge in [-0.25, -0.2) is 0 Å². The van der Waals surface area contributed by atoms with E-state index in [2.05, 4.69) is 44.3 Å². The van der Waals surface area contributed by atoms with Gasteiger partial charge in [0.25, 0.3) is 7.82 Å². The number of unbranched alkanes of at least 4 members (excludes halogenated alkanes) is 29. The summed E-state index contributed by atoms with van der Waals surface area (Å²) in [5.41, 5.74) is 0. The minimum Gasteiger partial charge on any atom is -0.756 e. The third kappa shape index (κ3) is 47.1. The second kappa shape index (κ2) is 46.0. The number of nitrogens with zero attached hydrogens (tertiary/aromatic N) is 1. The molecular weight excluding hydrogens is 832 g/mol. The highest BCUT2D eigenvalue weighted by atomic mass is 31.2. The summed E-state index contributed by atoms with van der Waals surface area (Å²) in [5.74, 6) is -0.613. The molecule has 0 aliphatic carbocycles. The van der Waals surface area contributed by atoms with Crippen molar-refractivity contribution < 1.29 is 37.3 Å². The lowest BCUT2D eigenvalue weighted by Gasteiger charge is -2.30. The van der Waals surface area contributed by atoms with Crippen molar-refractivity contribution in [3.8, 4) is 0 Å². The second-order valence-electron chi connectivity index (χ2n) is 19.7. The van der Waals surface area contributed by atoms with Crippen LogP contribution in [-0.4, -0.2) is 69.4 Å². The summed E-state index contributed by atoms with van der Waals surface area (Å²) in [4.78, 5) is 39.7. The number of quaternary nitrogens is 1. The number of phosphoric acid groups is 1. The average molecular weight is 937 g/mol. The maximum atomic E-state index is 13.4. The van der Waals surface area contributed by atoms with Crippen molar-refractivity contribution in [2.24, 2.45) is 0 Å². The predicted molar refractivity (Wildman–Crippen MR) is 275 cm³/mol. The SMILES string of the molecule is CCCCCCCC/C=C\C/C=C/CCC(=O)NC(COP(=O)([O-])OCC[N+](C)(C)C)C(/C=C/CCCCCCCCCCCC)OC(=O)CCCCCCCCCCCCCCCC. The molecule has 0 aromatic carbocycles. The molecule has 0 aromatic rings. The van der Waals surface area contributed by atoms with Gasteiger partial charge in [-0.15, -0.1) is 0 Å². The van der Waals surface area contributed by atoms with Gasteiger partial charge in [0.05, 0.1) is 33.8 Å². The summed E-state index contributed by atoms with van der Waals surface area (Å²) in [7, 11) is 1.16. The molecule has 1 N–H and O–H groups in total. The minimum atomic E-state index is -4.70. The van der Waals surface area contributed by atoms with E-state index < -0.39 is 26.6 Å². The summed E-state index contributed by atoms with van der Waals surface area (Å²) >= 11 is 0. The number of allylic oxidation sites excluding steroid dienone is 5. The molecule has 0 fully saturated rings. The summed E-state index contributed by atoms with van der Waals surface area (Å²) in [6, 6.07) is -0.912. The van der Waals surface area contributed by atoms with E-state index in [4.69, 9.17) is 13.8 Å². The van der Waals surface area contributed by atoms with Crippen LogP contribution in [0.25, 0.3) is 0 Å². The number of rotatable bonds is 49. The van der Waals surface area contributed by atoms with Crippen LogP contribution in [0.4, 0.5) is 0 Å². The highest BCUT2D eigenvalue weighted by Crippen LogP contribution is 2.38. The van der Waals surface area contributed by atoms with Crippen molar-refractivity contribution in [3.63, 3.8) is 0 Å². The van der Waals surface area contributed by atoms with Crippen molar-refractivity contribution in [3.05, 3.63) is 36.5 Å². The number of likely N-dealkylation sites (N-methyl/N-ethyl adjacent to an activating group) is 1. The highest BCUT2D eigenvalue weighted by Gasteiger charge is 2.27. The van der Waals surface area contributed by atoms with Crippen LogP contribution in [0, 0.1) is 0 Å². The van der Waals surface area contributed by atoms with Gasteiger partial charge in [0.2, 0.25) is 5.91 Å². The maximum Gasteiger partial charge on any atom is 0.306 e. The van der Waals surface area contributed by atoms with Crippen LogP contribution < -0.4 is 10.2 Å². The first-order chi connectivity index (χ1) is 31.4. The molecule has 9 nitrogen and oxygen atoms in total. The molecule has 0 aromatic heterocycles. The molecule has 0 saturated carbocycles. The molecule has 0 aliphatic heterocycles. The largest absolute Gasteiger partial charge is 0.756 e. The van der Waals surface area contributed by atoms with E-state index >= 15 is 0 Å². The number of amides is 1. The Morgan fingerprint density at radius 1 is 0.538 bits per heavy atom. The van der Waals surface area contributed by atoms with Gasteiger partial charge in [0.15, 0.2) is 0 Å². The fraction of sp³-hybridized carbons (Fsp3) is 0.855. The third-order valence-corrected chi connectivity index (χ3v) is 13.1. The first kappa shape index (κ1) is 63.2. The van der Waals surface area contributed by atoms with Crippen LogP contribution in [0.1, 0.15) is 252 Å². The molecule has 0 rings (SSSR count). The summed E-state index contributed by atoms with van der Waals surface area (Å²) in [5, 5.41) is 2.97. The van der Waals surface area contributed by atoms with Crippen LogP contribution in [-0.2, 0) is 27.9 Å². The Kier molecular flexibility index (Phi) is 44.7. The zero-order valence-electron chi connectivity index (χ0n) is 43.4. The van der Waals surface area contributed by atoms with Crippen molar-refractivity contribution in [1.29, 1.82) is 0 Å². The maximum absolute atomic E-state index is 13.4. The van der Waals surface area contributed by atoms with Crippen LogP contribution in [0.15, 0.2) is 36.5 Å². The Labute approximate surface area is 402 Å². The van der Waals surface area contributed by atoms with Crippen LogP contribution in [0.5, 0.6) is 0 Å². The lowest BCUT2D eigenvalue weighted by molar-refractivity contribution is -0.870. The van der Waals surface area contributed by atoms with Gasteiger partial charge in [-0.2, -0.15) is 0 Å². The van der Waals surface area contributed by atoms with Gasteiger partial charge in [-0.05, 0) is 51.0 Å². The third-order valence-electron chi connectivity index (χ3n) is 12.1. The Hall–Kier alpha value is -1.77. The van der Waals surface area contributed by atoms with Gasteiger partial charge in [-0.3, -0.25) is 14.2 Å². The highest BCUT2D eigenvalue weighted by molar-refractivity contribution is 7.45. The van der Waals surface area contributed by atoms with Gasteiger partial charge >= 0.3 is 5.97 Å². The smallest absolute Gasteiger partial charge is 0.306 e. The van der Waals surface area contributed by atoms with E-state index in [1.807, 2.05) is 39.4 Å². The van der Waals surface area contributed by atoms with Crippen LogP contribution >= 0.6 is 7.82 Å². The number of carbonyl (C=O) groups is 2. The predicted octanol–water partition coefficient (Wildman–Crippen LogP) is 15.4. The first-order valence-electron chi connectivity index (χ1n) is 27.3. The number of hydrogen-bond acceptors (Lipinski definition) is 7. The number of phosphoric ester groups is 1. The van der Waals surface area contributed by atoms with Crippen molar-refractivity contribution in [2.75, 3.05) is 40.9 Å². The Balaban J connectivity index is 5.46. The van der Waals surface area contributed by atoms with E-state index in [0.29, 0.717) is 17.4 Å². The van der Waals surface area contributed by atoms with E-state index in [-0.39, 0.29) is 31.3 Å². The fourth-order valence-electron chi connectivity index (χ4n) is 7.81. The number of ether oxygens (including phenoxy) is 1. The van der Waals surface area contributed by atoms with E-state index in [9.17, 15) is 19.0 Å². The van der Waals surface area contributed by atoms with Gasteiger partial charge in [0.1, 0.15) is 19.3 Å². The Morgan fingerprint density at radius 2 is 0.954 bits per heavy atom. The molecular formula is C55H105N2O7P. The topological polar surface area (TPSA) is 114 Å². The number of hydrogen-bond donors (Lipinski definition) is 1. The van der Waals surface area contributed by atoms with E-state index in [1.165, 1.54) is 161 Å². The van der Waals surface area contributed by atoms with Crippen LogP contribution in [0.2, 0.25) is 0 Å². The second-order valence-corrected chi connectivity index (χ2v) is 21.1. The minimum absolute atomic E-state index is 0.0295. The average Bonchev–Trinajstić information content (AvgIpc) is 3.26. The fourth-order valence-corrected chi connectivity index (χ4v) is 8.53. The monoisotopic (exact) mass is 937 g/mol. The standard InChI is InChI=1S/C55H105N2O7P/c1-7-10-13-16-19-22-25-28-30-33-36-39-42-45-48-55(59)64-53(46-43-40-37-34-31-27-24-21-18-15-12-9-3)52(51-63-65(60,61)62-50-49-57(4,5)6)56-54(58)47-44-41-38-35-32-29-26-23-20-17-14-11-8-2/h29,32,38,41,43,46,52-53H,7-28,30-31,33-37,39-40,42,44-45,47-51H2,1-6H3,(H-,56,58,60,61)/b32-29-,41-38+,46-43+. The molecule has 0 saturated heterocycles. The molecule has 1 amide bonds. The van der Waals surface area contributed by atoms with E-state index in [1.54, 1.807) is 0 Å². The zero-order chi connectivity index (χ0) is 48.0. The number of carbonyl (C=O) groups excluding carboxylic acids is 2. The van der Waals surface area contributed by atoms with Crippen molar-refractivity contribution in [1.82, 2.24) is 5.32 Å². The Morgan fingerprint density at radius 3 is 1.42 bits per heavy atom. The number of nitrogens with one attached hydrogen (secondary N) is 1. The lowest BCUT2D eigenvalue weighted by Crippen LogP contribution is -2.47. The molecule has 3 atom stereocenters. The molecule has 0 bridgehead atoms. The molecule has 10 heteroatoms. The molecule has 65 heavy (non-hydrogen) atoms. The summed E-state index contributed by atoms with van der Waals surface area (Å²) in [6.07, 6.45) is 52.6. The van der Waals surface area contributed by atoms with Gasteiger partial charge < -0.3 is 28.5 Å². The summed E-state index contributed by atoms with van der Waals surface area (Å²) in [6.45, 7) is 6.79. The lowest BCUT2D eigenvalue weighted by atomic mass is 10.0. The normalized spacial score (nSPS) is 14.1.